The van der Waals surface area contributed by atoms with Crippen LogP contribution in [0.2, 0.25) is 0 Å². The molecule has 0 unspecified atom stereocenters. The highest BCUT2D eigenvalue weighted by Gasteiger charge is 2.32. The summed E-state index contributed by atoms with van der Waals surface area (Å²) in [4.78, 5) is 22.5. The van der Waals surface area contributed by atoms with Gasteiger partial charge in [-0.25, -0.2) is 19.9 Å². The second-order valence-electron chi connectivity index (χ2n) is 21.0. The third-order valence-electron chi connectivity index (χ3n) is 16.1. The van der Waals surface area contributed by atoms with Gasteiger partial charge in [0.1, 0.15) is 0 Å². The van der Waals surface area contributed by atoms with Crippen LogP contribution in [-0.4, -0.2) is 33.6 Å². The van der Waals surface area contributed by atoms with Crippen molar-refractivity contribution in [1.82, 2.24) is 33.6 Å². The van der Waals surface area contributed by atoms with Crippen molar-refractivity contribution in [1.29, 1.82) is 0 Å². The van der Waals surface area contributed by atoms with E-state index < -0.39 is 0 Å². The van der Waals surface area contributed by atoms with Gasteiger partial charge in [-0.15, -0.1) is 0 Å². The number of hydrogen-bond acceptors (Lipinski definition) is 4. The van der Waals surface area contributed by atoms with Gasteiger partial charge in [0.15, 0.2) is 11.6 Å². The molecule has 7 heteroatoms. The Balaban J connectivity index is 1.21. The lowest BCUT2D eigenvalue weighted by molar-refractivity contribution is 1.07. The molecule has 0 saturated heterocycles. The largest absolute Gasteiger partial charge is 0.308 e. The molecular weight excluding hydrogens is 999 g/mol. The van der Waals surface area contributed by atoms with Crippen LogP contribution in [0.3, 0.4) is 0 Å². The standard InChI is InChI=1S/C75H49N7/c1-48-42-43-69-58(44-48)57-36-18-23-41-68(57)82(69)73-70(80-64-37-19-14-32-53(64)54-33-15-20-38-65(54)80)45-59(62-46-60(49-24-6-2-7-25-49)76-74(78-62)51-28-10-4-11-29-51)72(81-66-39-21-16-34-55(66)56-35-17-22-40-67(56)81)71(73)63-47-61(50-26-8-3-9-27-50)77-75(79-63)52-30-12-5-13-31-52/h2-47H,1H3. The molecule has 11 aromatic carbocycles. The van der Waals surface area contributed by atoms with E-state index in [4.69, 9.17) is 19.9 Å². The van der Waals surface area contributed by atoms with Crippen molar-refractivity contribution in [2.24, 2.45) is 0 Å². The number of fused-ring (bicyclic) bond motifs is 9. The minimum atomic E-state index is 0.609. The Morgan fingerprint density at radius 1 is 0.256 bits per heavy atom. The van der Waals surface area contributed by atoms with Crippen LogP contribution < -0.4 is 0 Å². The van der Waals surface area contributed by atoms with Gasteiger partial charge in [0, 0.05) is 60.1 Å². The summed E-state index contributed by atoms with van der Waals surface area (Å²) in [7, 11) is 0. The van der Waals surface area contributed by atoms with Gasteiger partial charge in [0.05, 0.1) is 78.5 Å². The van der Waals surface area contributed by atoms with Crippen LogP contribution in [0.15, 0.2) is 279 Å². The molecule has 5 aromatic heterocycles. The van der Waals surface area contributed by atoms with Crippen LogP contribution in [-0.2, 0) is 0 Å². The third kappa shape index (κ3) is 7.59. The number of nitrogens with zero attached hydrogens (tertiary/aromatic N) is 7. The van der Waals surface area contributed by atoms with Crippen molar-refractivity contribution in [3.05, 3.63) is 285 Å². The Hall–Kier alpha value is -11.0. The van der Waals surface area contributed by atoms with E-state index in [0.717, 1.165) is 139 Å². The van der Waals surface area contributed by atoms with Crippen LogP contribution in [0.25, 0.3) is 150 Å². The summed E-state index contributed by atoms with van der Waals surface area (Å²) in [6.07, 6.45) is 0. The van der Waals surface area contributed by atoms with Gasteiger partial charge in [-0.05, 0) is 67.6 Å². The Morgan fingerprint density at radius 3 is 1.06 bits per heavy atom. The summed E-state index contributed by atoms with van der Waals surface area (Å²) in [6, 6.07) is 99.4. The van der Waals surface area contributed by atoms with Crippen molar-refractivity contribution in [2.45, 2.75) is 6.92 Å². The fourth-order valence-electron chi connectivity index (χ4n) is 12.5. The number of hydrogen-bond donors (Lipinski definition) is 0. The molecule has 16 aromatic rings. The topological polar surface area (TPSA) is 66.3 Å². The molecule has 0 atom stereocenters. The molecule has 0 aliphatic carbocycles. The molecule has 82 heavy (non-hydrogen) atoms. The summed E-state index contributed by atoms with van der Waals surface area (Å²) in [5, 5.41) is 6.87. The van der Waals surface area contributed by atoms with Crippen molar-refractivity contribution >= 4 is 65.4 Å². The maximum atomic E-state index is 5.91. The van der Waals surface area contributed by atoms with E-state index in [1.807, 2.05) is 12.1 Å². The second kappa shape index (κ2) is 19.1. The van der Waals surface area contributed by atoms with Crippen molar-refractivity contribution in [3.8, 4) is 84.9 Å². The summed E-state index contributed by atoms with van der Waals surface area (Å²) < 4.78 is 7.47. The zero-order valence-corrected chi connectivity index (χ0v) is 44.7. The van der Waals surface area contributed by atoms with E-state index in [2.05, 4.69) is 288 Å². The van der Waals surface area contributed by atoms with E-state index in [9.17, 15) is 0 Å². The smallest absolute Gasteiger partial charge is 0.160 e. The molecule has 0 saturated carbocycles. The molecule has 0 N–H and O–H groups in total. The molecule has 0 aliphatic heterocycles. The number of aryl methyl sites for hydroxylation is 1. The maximum Gasteiger partial charge on any atom is 0.160 e. The first kappa shape index (κ1) is 47.0. The minimum Gasteiger partial charge on any atom is -0.308 e. The number of benzene rings is 11. The molecule has 0 spiro atoms. The highest BCUT2D eigenvalue weighted by Crippen LogP contribution is 2.50. The second-order valence-corrected chi connectivity index (χ2v) is 21.0. The summed E-state index contributed by atoms with van der Waals surface area (Å²) in [5.74, 6) is 1.23. The first-order chi connectivity index (χ1) is 40.6. The summed E-state index contributed by atoms with van der Waals surface area (Å²) in [6.45, 7) is 2.18. The Labute approximate surface area is 473 Å². The van der Waals surface area contributed by atoms with Crippen molar-refractivity contribution in [2.75, 3.05) is 0 Å². The molecule has 0 amide bonds. The lowest BCUT2D eigenvalue weighted by Gasteiger charge is -2.27. The zero-order chi connectivity index (χ0) is 54.3. The molecule has 0 aliphatic rings. The number of para-hydroxylation sites is 5. The van der Waals surface area contributed by atoms with Crippen LogP contribution in [0, 0.1) is 6.92 Å². The van der Waals surface area contributed by atoms with Gasteiger partial charge < -0.3 is 13.7 Å². The zero-order valence-electron chi connectivity index (χ0n) is 44.7. The van der Waals surface area contributed by atoms with E-state index in [1.165, 1.54) is 5.56 Å². The van der Waals surface area contributed by atoms with E-state index >= 15 is 0 Å². The minimum absolute atomic E-state index is 0.609. The molecule has 16 rings (SSSR count). The lowest BCUT2D eigenvalue weighted by Crippen LogP contribution is -2.12. The predicted octanol–water partition coefficient (Wildman–Crippen LogP) is 18.9. The molecule has 0 fully saturated rings. The molecule has 0 bridgehead atoms. The maximum absolute atomic E-state index is 5.91. The molecular formula is C75H49N7. The van der Waals surface area contributed by atoms with Crippen LogP contribution in [0.5, 0.6) is 0 Å². The number of aromatic nitrogens is 7. The first-order valence-corrected chi connectivity index (χ1v) is 27.8. The third-order valence-corrected chi connectivity index (χ3v) is 16.1. The Bertz CT molecular complexity index is 4930. The monoisotopic (exact) mass is 1050 g/mol. The number of rotatable bonds is 9. The first-order valence-electron chi connectivity index (χ1n) is 27.8. The van der Waals surface area contributed by atoms with E-state index in [-0.39, 0.29) is 0 Å². The average molecular weight is 1050 g/mol. The van der Waals surface area contributed by atoms with Crippen LogP contribution >= 0.6 is 0 Å². The highest BCUT2D eigenvalue weighted by molar-refractivity contribution is 6.15. The summed E-state index contributed by atoms with van der Waals surface area (Å²) in [5.41, 5.74) is 19.0. The van der Waals surface area contributed by atoms with Crippen molar-refractivity contribution in [3.63, 3.8) is 0 Å². The van der Waals surface area contributed by atoms with E-state index in [0.29, 0.717) is 11.6 Å². The van der Waals surface area contributed by atoms with Gasteiger partial charge in [0.2, 0.25) is 0 Å². The van der Waals surface area contributed by atoms with Crippen molar-refractivity contribution < 1.29 is 0 Å². The Morgan fingerprint density at radius 2 is 0.598 bits per heavy atom. The van der Waals surface area contributed by atoms with Crippen LogP contribution in [0.1, 0.15) is 5.56 Å². The van der Waals surface area contributed by atoms with Gasteiger partial charge in [-0.1, -0.05) is 224 Å². The average Bonchev–Trinajstić information content (AvgIpc) is 3.09. The SMILES string of the molecule is Cc1ccc2c(c1)c1ccccc1n2-c1c(-n2c3ccccc3c3ccccc32)cc(-c2cc(-c3ccccc3)nc(-c3ccccc3)n2)c(-n2c3ccccc3c3ccccc32)c1-c1cc(-c2ccccc2)nc(-c2ccccc2)n1. The molecule has 7 nitrogen and oxygen atoms in total. The molecule has 384 valence electrons. The fraction of sp³-hybridized carbons (Fsp3) is 0.0133. The highest BCUT2D eigenvalue weighted by atomic mass is 15.1. The van der Waals surface area contributed by atoms with Gasteiger partial charge >= 0.3 is 0 Å². The van der Waals surface area contributed by atoms with E-state index in [1.54, 1.807) is 0 Å². The lowest BCUT2D eigenvalue weighted by atomic mass is 9.94. The summed E-state index contributed by atoms with van der Waals surface area (Å²) >= 11 is 0. The van der Waals surface area contributed by atoms with Gasteiger partial charge in [0.25, 0.3) is 0 Å². The van der Waals surface area contributed by atoms with Gasteiger partial charge in [-0.2, -0.15) is 0 Å². The molecule has 5 heterocycles. The van der Waals surface area contributed by atoms with Gasteiger partial charge in [-0.3, -0.25) is 0 Å². The quantitative estimate of drug-likeness (QED) is 0.144. The normalized spacial score (nSPS) is 11.7. The fourth-order valence-corrected chi connectivity index (χ4v) is 12.5. The van der Waals surface area contributed by atoms with Crippen LogP contribution in [0.4, 0.5) is 0 Å². The Kier molecular flexibility index (Phi) is 11.0. The molecule has 0 radical (unpaired) electrons. The predicted molar refractivity (Wildman–Crippen MR) is 338 cm³/mol.